The summed E-state index contributed by atoms with van der Waals surface area (Å²) >= 11 is 0. The highest BCUT2D eigenvalue weighted by Crippen LogP contribution is 2.50. The van der Waals surface area contributed by atoms with Gasteiger partial charge in [0.1, 0.15) is 6.10 Å². The molecule has 0 aromatic carbocycles. The largest absolute Gasteiger partial charge is 0.359 e. The minimum atomic E-state index is -3.68. The number of azide groups is 1. The lowest BCUT2D eigenvalue weighted by atomic mass is 10.3. The predicted octanol–water partition coefficient (Wildman–Crippen LogP) is 2.98. The van der Waals surface area contributed by atoms with Gasteiger partial charge in [-0.15, -0.1) is 0 Å². The zero-order valence-electron chi connectivity index (χ0n) is 15.0. The molecule has 0 N–H and O–H groups in total. The van der Waals surface area contributed by atoms with Crippen LogP contribution in [0.2, 0.25) is 0 Å². The van der Waals surface area contributed by atoms with E-state index >= 15 is 0 Å². The number of hydrogen-bond acceptors (Lipinski definition) is 9. The Morgan fingerprint density at radius 1 is 1.16 bits per heavy atom. The minimum absolute atomic E-state index is 0.0420. The molecule has 0 fully saturated rings. The molecule has 0 spiro atoms. The van der Waals surface area contributed by atoms with Crippen molar-refractivity contribution in [2.45, 2.75) is 52.4 Å². The van der Waals surface area contributed by atoms with Crippen molar-refractivity contribution in [1.29, 1.82) is 0 Å². The quantitative estimate of drug-likeness (QED) is 0.0818. The molecule has 13 heteroatoms. The van der Waals surface area contributed by atoms with Crippen LogP contribution in [0.5, 0.6) is 0 Å². The lowest BCUT2D eigenvalue weighted by Crippen LogP contribution is -2.24. The van der Waals surface area contributed by atoms with Gasteiger partial charge in [0.2, 0.25) is 0 Å². The maximum Gasteiger partial charge on any atom is 0.359 e. The molecule has 0 rings (SSSR count). The first-order valence-corrected chi connectivity index (χ1v) is 11.1. The topological polar surface area (TPSA) is 146 Å². The van der Waals surface area contributed by atoms with Gasteiger partial charge in [0, 0.05) is 11.5 Å². The second-order valence-electron chi connectivity index (χ2n) is 5.62. The molecule has 25 heavy (non-hydrogen) atoms. The Bertz CT molecular complexity index is 563. The van der Waals surface area contributed by atoms with Gasteiger partial charge in [-0.2, -0.15) is 8.42 Å². The van der Waals surface area contributed by atoms with Gasteiger partial charge in [-0.25, -0.2) is 9.78 Å². The van der Waals surface area contributed by atoms with E-state index in [1.54, 1.807) is 27.7 Å². The highest BCUT2D eigenvalue weighted by molar-refractivity contribution is 7.85. The lowest BCUT2D eigenvalue weighted by molar-refractivity contribution is -0.318. The molecule has 0 aliphatic heterocycles. The van der Waals surface area contributed by atoms with Crippen LogP contribution in [-0.2, 0) is 37.7 Å². The number of rotatable bonds is 14. The van der Waals surface area contributed by atoms with Crippen LogP contribution in [0.3, 0.4) is 0 Å². The van der Waals surface area contributed by atoms with E-state index in [2.05, 4.69) is 14.2 Å². The van der Waals surface area contributed by atoms with E-state index in [0.29, 0.717) is 0 Å². The van der Waals surface area contributed by atoms with Gasteiger partial charge in [-0.1, -0.05) is 5.11 Å². The molecule has 0 bridgehead atoms. The minimum Gasteiger partial charge on any atom is -0.304 e. The Morgan fingerprint density at radius 2 is 1.72 bits per heavy atom. The Kier molecular flexibility index (Phi) is 11.5. The van der Waals surface area contributed by atoms with Crippen LogP contribution in [0.25, 0.3) is 10.4 Å². The Morgan fingerprint density at radius 3 is 2.16 bits per heavy atom. The summed E-state index contributed by atoms with van der Waals surface area (Å²) in [6.45, 7) is 6.47. The molecule has 0 unspecified atom stereocenters. The summed E-state index contributed by atoms with van der Waals surface area (Å²) in [5.41, 5.74) is 8.28. The number of hydrogen-bond donors (Lipinski definition) is 0. The smallest absolute Gasteiger partial charge is 0.304 e. The Labute approximate surface area is 148 Å². The van der Waals surface area contributed by atoms with E-state index in [4.69, 9.17) is 24.4 Å². The fourth-order valence-electron chi connectivity index (χ4n) is 1.52. The molecule has 0 saturated heterocycles. The Balaban J connectivity index is 4.70. The van der Waals surface area contributed by atoms with E-state index in [0.717, 1.165) is 6.26 Å². The lowest BCUT2D eigenvalue weighted by Gasteiger charge is -2.23. The standard InChI is InChI=1S/C12H26N3O8PS/c1-10(2)22-24(16,23-11(3)4)9-19-21-12(6-7-14-15-13)8-20-25(5,17)18/h10-12H,6-9H2,1-5H3/t12-/m0/s1. The monoisotopic (exact) mass is 403 g/mol. The van der Waals surface area contributed by atoms with Crippen molar-refractivity contribution >= 4 is 17.7 Å². The van der Waals surface area contributed by atoms with Crippen LogP contribution >= 0.6 is 7.60 Å². The van der Waals surface area contributed by atoms with E-state index in [9.17, 15) is 13.0 Å². The van der Waals surface area contributed by atoms with Gasteiger partial charge in [-0.3, -0.25) is 8.75 Å². The molecule has 1 atom stereocenters. The van der Waals surface area contributed by atoms with Gasteiger partial charge in [0.05, 0.1) is 25.1 Å². The van der Waals surface area contributed by atoms with Crippen molar-refractivity contribution in [2.24, 2.45) is 5.11 Å². The average molecular weight is 403 g/mol. The van der Waals surface area contributed by atoms with E-state index in [1.807, 2.05) is 0 Å². The maximum absolute atomic E-state index is 12.5. The molecule has 148 valence electrons. The first-order chi connectivity index (χ1) is 11.5. The van der Waals surface area contributed by atoms with Crippen LogP contribution in [0.1, 0.15) is 34.1 Å². The van der Waals surface area contributed by atoms with Crippen LogP contribution in [0.4, 0.5) is 0 Å². The summed E-state index contributed by atoms with van der Waals surface area (Å²) in [6, 6.07) is 0. The van der Waals surface area contributed by atoms with Crippen molar-refractivity contribution in [3.05, 3.63) is 10.4 Å². The van der Waals surface area contributed by atoms with Crippen molar-refractivity contribution in [2.75, 3.05) is 25.8 Å². The van der Waals surface area contributed by atoms with E-state index in [1.165, 1.54) is 0 Å². The molecule has 0 aliphatic carbocycles. The van der Waals surface area contributed by atoms with Gasteiger partial charge in [-0.05, 0) is 39.6 Å². The Hall–Kier alpha value is -0.710. The third-order valence-electron chi connectivity index (χ3n) is 2.24. The van der Waals surface area contributed by atoms with Crippen LogP contribution in [-0.4, -0.2) is 52.5 Å². The zero-order valence-corrected chi connectivity index (χ0v) is 16.7. The molecule has 0 amide bonds. The highest BCUT2D eigenvalue weighted by atomic mass is 32.2. The van der Waals surface area contributed by atoms with E-state index < -0.39 is 30.2 Å². The first-order valence-electron chi connectivity index (χ1n) is 7.57. The second kappa shape index (κ2) is 11.8. The third kappa shape index (κ3) is 14.2. The van der Waals surface area contributed by atoms with Gasteiger partial charge < -0.3 is 9.05 Å². The van der Waals surface area contributed by atoms with Crippen molar-refractivity contribution in [3.63, 3.8) is 0 Å². The van der Waals surface area contributed by atoms with Crippen molar-refractivity contribution in [3.8, 4) is 0 Å². The number of nitrogens with zero attached hydrogens (tertiary/aromatic N) is 3. The van der Waals surface area contributed by atoms with Crippen LogP contribution in [0.15, 0.2) is 5.11 Å². The van der Waals surface area contributed by atoms with Gasteiger partial charge >= 0.3 is 7.60 Å². The van der Waals surface area contributed by atoms with Crippen LogP contribution < -0.4 is 0 Å². The molecule has 0 aromatic heterocycles. The molecule has 0 aromatic rings. The molecule has 11 nitrogen and oxygen atoms in total. The predicted molar refractivity (Wildman–Crippen MR) is 90.3 cm³/mol. The summed E-state index contributed by atoms with van der Waals surface area (Å²) in [5, 5.41) is 3.33. The SMILES string of the molecule is CC(C)OP(=O)(COO[C@@H](CCN=[N+]=[N-])COS(C)(=O)=O)OC(C)C. The van der Waals surface area contributed by atoms with Crippen molar-refractivity contribution in [1.82, 2.24) is 0 Å². The summed E-state index contributed by atoms with van der Waals surface area (Å²) in [4.78, 5) is 12.6. The molecule has 0 radical (unpaired) electrons. The van der Waals surface area contributed by atoms with Crippen LogP contribution in [0, 0.1) is 0 Å². The summed E-state index contributed by atoms with van der Waals surface area (Å²) in [5.74, 6) is 0. The summed E-state index contributed by atoms with van der Waals surface area (Å²) in [6.07, 6.45) is -1.03. The fourth-order valence-corrected chi connectivity index (χ4v) is 3.57. The van der Waals surface area contributed by atoms with Gasteiger partial charge in [0.15, 0.2) is 6.35 Å². The van der Waals surface area contributed by atoms with E-state index in [-0.39, 0.29) is 31.8 Å². The summed E-state index contributed by atoms with van der Waals surface area (Å²) < 4.78 is 49.9. The third-order valence-corrected chi connectivity index (χ3v) is 4.71. The average Bonchev–Trinajstić information content (AvgIpc) is 2.41. The zero-order chi connectivity index (χ0) is 19.5. The molecule has 0 heterocycles. The molecular weight excluding hydrogens is 377 g/mol. The normalized spacial score (nSPS) is 13.9. The van der Waals surface area contributed by atoms with Gasteiger partial charge in [0.25, 0.3) is 10.1 Å². The fraction of sp³-hybridized carbons (Fsp3) is 1.00. The first kappa shape index (κ1) is 24.3. The summed E-state index contributed by atoms with van der Waals surface area (Å²) in [7, 11) is -7.24. The highest BCUT2D eigenvalue weighted by Gasteiger charge is 2.29. The molecular formula is C12H26N3O8PS. The molecule has 0 saturated carbocycles. The molecule has 0 aliphatic rings. The maximum atomic E-state index is 12.5. The second-order valence-corrected chi connectivity index (χ2v) is 9.16. The van der Waals surface area contributed by atoms with Crippen molar-refractivity contribution < 1.29 is 36.0 Å².